The normalized spacial score (nSPS) is 14.9. The third-order valence-electron chi connectivity index (χ3n) is 5.08. The number of hydrogen-bond donors (Lipinski definition) is 1. The predicted octanol–water partition coefficient (Wildman–Crippen LogP) is 3.13. The zero-order chi connectivity index (χ0) is 20.1. The number of oxazole rings is 1. The number of ether oxygens (including phenoxy) is 1. The minimum Gasteiger partial charge on any atom is -0.484 e. The van der Waals surface area contributed by atoms with Gasteiger partial charge in [0.1, 0.15) is 28.8 Å². The van der Waals surface area contributed by atoms with Crippen molar-refractivity contribution in [3.63, 3.8) is 0 Å². The SMILES string of the molecule is C[C@@H](Oc1cccc2oc(=O)[nH]c12)c1cc(Cl)cn2c(=O)cc(N3CCC3)nc12. The zero-order valence-electron chi connectivity index (χ0n) is 15.5. The quantitative estimate of drug-likeness (QED) is 0.553. The maximum absolute atomic E-state index is 12.7. The summed E-state index contributed by atoms with van der Waals surface area (Å²) in [5, 5.41) is 0.401. The van der Waals surface area contributed by atoms with Gasteiger partial charge in [-0.2, -0.15) is 0 Å². The van der Waals surface area contributed by atoms with Gasteiger partial charge in [-0.25, -0.2) is 9.78 Å². The van der Waals surface area contributed by atoms with Crippen LogP contribution in [-0.4, -0.2) is 27.5 Å². The standard InChI is InChI=1S/C20H17ClN4O4/c1-11(28-14-4-2-5-15-18(14)23-20(27)29-15)13-8-12(21)10-25-17(26)9-16(22-19(13)25)24-6-3-7-24/h2,4-5,8-11H,3,6-7H2,1H3,(H,23,27)/t11-/m1/s1. The predicted molar refractivity (Wildman–Crippen MR) is 109 cm³/mol. The molecule has 4 heterocycles. The first-order valence-corrected chi connectivity index (χ1v) is 9.64. The smallest absolute Gasteiger partial charge is 0.417 e. The molecule has 29 heavy (non-hydrogen) atoms. The van der Waals surface area contributed by atoms with Gasteiger partial charge in [0.25, 0.3) is 5.56 Å². The number of halogens is 1. The lowest BCUT2D eigenvalue weighted by Gasteiger charge is -2.32. The van der Waals surface area contributed by atoms with Gasteiger partial charge >= 0.3 is 5.76 Å². The Bertz CT molecular complexity index is 1350. The number of aromatic amines is 1. The van der Waals surface area contributed by atoms with Crippen LogP contribution in [0.25, 0.3) is 16.7 Å². The van der Waals surface area contributed by atoms with Crippen LogP contribution in [0.2, 0.25) is 5.02 Å². The van der Waals surface area contributed by atoms with E-state index >= 15 is 0 Å². The van der Waals surface area contributed by atoms with Crippen LogP contribution in [0.5, 0.6) is 5.75 Å². The number of nitrogens with one attached hydrogen (secondary N) is 1. The lowest BCUT2D eigenvalue weighted by atomic mass is 10.1. The Hall–Kier alpha value is -3.26. The average molecular weight is 413 g/mol. The van der Waals surface area contributed by atoms with Crippen molar-refractivity contribution in [2.75, 3.05) is 18.0 Å². The maximum Gasteiger partial charge on any atom is 0.417 e. The monoisotopic (exact) mass is 412 g/mol. The van der Waals surface area contributed by atoms with Crippen molar-refractivity contribution in [1.29, 1.82) is 0 Å². The second-order valence-corrected chi connectivity index (χ2v) is 7.44. The molecule has 1 aliphatic heterocycles. The largest absolute Gasteiger partial charge is 0.484 e. The van der Waals surface area contributed by atoms with Gasteiger partial charge in [0.15, 0.2) is 5.58 Å². The molecule has 3 aromatic heterocycles. The van der Waals surface area contributed by atoms with Crippen LogP contribution in [0, 0.1) is 0 Å². The summed E-state index contributed by atoms with van der Waals surface area (Å²) in [6, 6.07) is 8.42. The van der Waals surface area contributed by atoms with Crippen molar-refractivity contribution >= 4 is 34.2 Å². The summed E-state index contributed by atoms with van der Waals surface area (Å²) in [7, 11) is 0. The third kappa shape index (κ3) is 3.05. The molecule has 8 nitrogen and oxygen atoms in total. The number of para-hydroxylation sites is 1. The molecule has 1 aromatic carbocycles. The van der Waals surface area contributed by atoms with E-state index in [4.69, 9.17) is 25.7 Å². The Morgan fingerprint density at radius 1 is 1.28 bits per heavy atom. The molecule has 1 atom stereocenters. The van der Waals surface area contributed by atoms with Gasteiger partial charge in [0, 0.05) is 30.9 Å². The fraction of sp³-hybridized carbons (Fsp3) is 0.250. The molecule has 0 amide bonds. The summed E-state index contributed by atoms with van der Waals surface area (Å²) in [5.41, 5.74) is 1.84. The molecule has 148 valence electrons. The van der Waals surface area contributed by atoms with E-state index in [0.717, 1.165) is 19.5 Å². The Kier molecular flexibility index (Phi) is 4.09. The highest BCUT2D eigenvalue weighted by Crippen LogP contribution is 2.30. The molecular formula is C20H17ClN4O4. The Morgan fingerprint density at radius 2 is 2.10 bits per heavy atom. The van der Waals surface area contributed by atoms with Crippen LogP contribution in [0.3, 0.4) is 0 Å². The highest BCUT2D eigenvalue weighted by atomic mass is 35.5. The van der Waals surface area contributed by atoms with Gasteiger partial charge in [-0.1, -0.05) is 17.7 Å². The molecular weight excluding hydrogens is 396 g/mol. The summed E-state index contributed by atoms with van der Waals surface area (Å²) in [4.78, 5) is 33.6. The number of pyridine rings is 1. The van der Waals surface area contributed by atoms with Crippen LogP contribution < -0.4 is 21.0 Å². The number of rotatable bonds is 4. The fourth-order valence-corrected chi connectivity index (χ4v) is 3.70. The van der Waals surface area contributed by atoms with E-state index in [1.165, 1.54) is 10.5 Å². The molecule has 0 radical (unpaired) electrons. The molecule has 5 rings (SSSR count). The fourth-order valence-electron chi connectivity index (χ4n) is 3.49. The zero-order valence-corrected chi connectivity index (χ0v) is 16.3. The van der Waals surface area contributed by atoms with Gasteiger partial charge in [-0.05, 0) is 31.5 Å². The molecule has 0 bridgehead atoms. The first-order chi connectivity index (χ1) is 14.0. The van der Waals surface area contributed by atoms with Crippen molar-refractivity contribution in [3.05, 3.63) is 68.0 Å². The number of aromatic nitrogens is 3. The summed E-state index contributed by atoms with van der Waals surface area (Å²) >= 11 is 6.27. The molecule has 0 spiro atoms. The second-order valence-electron chi connectivity index (χ2n) is 7.00. The average Bonchev–Trinajstić information content (AvgIpc) is 3.02. The topological polar surface area (TPSA) is 92.8 Å². The van der Waals surface area contributed by atoms with Crippen molar-refractivity contribution in [2.45, 2.75) is 19.4 Å². The number of anilines is 1. The highest BCUT2D eigenvalue weighted by molar-refractivity contribution is 6.30. The van der Waals surface area contributed by atoms with Crippen molar-refractivity contribution in [3.8, 4) is 5.75 Å². The third-order valence-corrected chi connectivity index (χ3v) is 5.29. The summed E-state index contributed by atoms with van der Waals surface area (Å²) < 4.78 is 12.6. The maximum atomic E-state index is 12.7. The summed E-state index contributed by atoms with van der Waals surface area (Å²) in [5.74, 6) is 0.558. The van der Waals surface area contributed by atoms with Gasteiger partial charge in [-0.3, -0.25) is 14.2 Å². The van der Waals surface area contributed by atoms with E-state index in [-0.39, 0.29) is 5.56 Å². The number of nitrogens with zero attached hydrogens (tertiary/aromatic N) is 3. The van der Waals surface area contributed by atoms with E-state index in [0.29, 0.717) is 38.9 Å². The first-order valence-electron chi connectivity index (χ1n) is 9.26. The molecule has 1 aliphatic rings. The lowest BCUT2D eigenvalue weighted by molar-refractivity contribution is 0.230. The minimum absolute atomic E-state index is 0.200. The van der Waals surface area contributed by atoms with Gasteiger partial charge in [0.2, 0.25) is 0 Å². The van der Waals surface area contributed by atoms with Crippen LogP contribution in [-0.2, 0) is 0 Å². The second kappa shape index (κ2) is 6.66. The molecule has 0 aliphatic carbocycles. The molecule has 0 unspecified atom stereocenters. The molecule has 0 saturated carbocycles. The van der Waals surface area contributed by atoms with Gasteiger partial charge in [-0.15, -0.1) is 0 Å². The van der Waals surface area contributed by atoms with Crippen LogP contribution >= 0.6 is 11.6 Å². The van der Waals surface area contributed by atoms with E-state index in [2.05, 4.69) is 9.88 Å². The number of H-pyrrole nitrogens is 1. The number of fused-ring (bicyclic) bond motifs is 2. The Balaban J connectivity index is 1.61. The van der Waals surface area contributed by atoms with Crippen molar-refractivity contribution < 1.29 is 9.15 Å². The highest BCUT2D eigenvalue weighted by Gasteiger charge is 2.21. The van der Waals surface area contributed by atoms with Gasteiger partial charge in [0.05, 0.1) is 5.02 Å². The molecule has 4 aromatic rings. The summed E-state index contributed by atoms with van der Waals surface area (Å²) in [6.45, 7) is 3.60. The lowest BCUT2D eigenvalue weighted by Crippen LogP contribution is -2.38. The van der Waals surface area contributed by atoms with Crippen LogP contribution in [0.15, 0.2) is 50.5 Å². The first kappa shape index (κ1) is 17.8. The molecule has 1 saturated heterocycles. The van der Waals surface area contributed by atoms with E-state index in [9.17, 15) is 9.59 Å². The Labute approximate surface area is 169 Å². The molecule has 1 fully saturated rings. The van der Waals surface area contributed by atoms with E-state index < -0.39 is 11.9 Å². The Morgan fingerprint density at radius 3 is 2.86 bits per heavy atom. The van der Waals surface area contributed by atoms with E-state index in [1.54, 1.807) is 30.5 Å². The van der Waals surface area contributed by atoms with Crippen molar-refractivity contribution in [1.82, 2.24) is 14.4 Å². The van der Waals surface area contributed by atoms with Crippen LogP contribution in [0.4, 0.5) is 5.82 Å². The summed E-state index contributed by atoms with van der Waals surface area (Å²) in [6.07, 6.45) is 2.14. The molecule has 1 N–H and O–H groups in total. The van der Waals surface area contributed by atoms with Gasteiger partial charge < -0.3 is 14.1 Å². The molecule has 9 heteroatoms. The number of benzene rings is 1. The van der Waals surface area contributed by atoms with Crippen LogP contribution in [0.1, 0.15) is 25.0 Å². The number of hydrogen-bond acceptors (Lipinski definition) is 6. The van der Waals surface area contributed by atoms with Crippen molar-refractivity contribution in [2.24, 2.45) is 0 Å². The van der Waals surface area contributed by atoms with E-state index in [1.807, 2.05) is 6.92 Å². The minimum atomic E-state index is -0.552.